The number of halogens is 4. The number of allylic oxidation sites excluding steroid dienone is 2. The number of nitrogens with zero attached hydrogens (tertiary/aromatic N) is 2. The van der Waals surface area contributed by atoms with E-state index in [0.717, 1.165) is 37.4 Å². The summed E-state index contributed by atoms with van der Waals surface area (Å²) in [5.74, 6) is -0.146. The van der Waals surface area contributed by atoms with Crippen molar-refractivity contribution in [1.29, 1.82) is 0 Å². The van der Waals surface area contributed by atoms with E-state index in [0.29, 0.717) is 48.9 Å². The summed E-state index contributed by atoms with van der Waals surface area (Å²) in [7, 11) is 0. The van der Waals surface area contributed by atoms with Crippen molar-refractivity contribution >= 4 is 75.8 Å². The van der Waals surface area contributed by atoms with E-state index in [4.69, 9.17) is 46.4 Å². The second-order valence-corrected chi connectivity index (χ2v) is 12.1. The number of phenols is 1. The molecule has 4 aromatic carbocycles. The third-order valence-electron chi connectivity index (χ3n) is 7.40. The van der Waals surface area contributed by atoms with Crippen LogP contribution in [0.5, 0.6) is 5.75 Å². The maximum Gasteiger partial charge on any atom is 0.185 e. The maximum atomic E-state index is 12.9. The molecule has 1 heterocycles. The molecule has 0 saturated carbocycles. The number of ketones is 2. The average Bonchev–Trinajstić information content (AvgIpc) is 3.01. The minimum absolute atomic E-state index is 0.114. The number of anilines is 1. The Kier molecular flexibility index (Phi) is 10.5. The summed E-state index contributed by atoms with van der Waals surface area (Å²) in [6, 6.07) is 22.7. The standard InChI is InChI=1S/C35H28Cl4N2O3/c36-28-8-1-23(31(38)20-28)5-12-33(42)25-3-10-30(11-4-25)41-17-15-40(16-18-41)22-27-19-26(7-14-35(27)44)34(43)13-6-24-2-9-29(37)21-32(24)39/h1-14,19-21,44H,15-18,22H2/b12-5+,13-6+. The van der Waals surface area contributed by atoms with E-state index in [2.05, 4.69) is 9.80 Å². The Morgan fingerprint density at radius 3 is 1.73 bits per heavy atom. The lowest BCUT2D eigenvalue weighted by atomic mass is 10.0. The highest BCUT2D eigenvalue weighted by atomic mass is 35.5. The van der Waals surface area contributed by atoms with Gasteiger partial charge in [-0.05, 0) is 102 Å². The molecular weight excluding hydrogens is 638 g/mol. The summed E-state index contributed by atoms with van der Waals surface area (Å²) in [6.45, 7) is 3.64. The van der Waals surface area contributed by atoms with E-state index in [1.165, 1.54) is 12.2 Å². The Morgan fingerprint density at radius 1 is 0.659 bits per heavy atom. The first-order valence-electron chi connectivity index (χ1n) is 13.9. The summed E-state index contributed by atoms with van der Waals surface area (Å²) in [6.07, 6.45) is 6.32. The van der Waals surface area contributed by atoms with Crippen LogP contribution in [0.15, 0.2) is 91.0 Å². The van der Waals surface area contributed by atoms with Crippen LogP contribution in [0.3, 0.4) is 0 Å². The molecule has 4 aromatic rings. The molecule has 44 heavy (non-hydrogen) atoms. The zero-order valence-electron chi connectivity index (χ0n) is 23.5. The number of carbonyl (C=O) groups is 2. The molecule has 0 aromatic heterocycles. The molecule has 1 saturated heterocycles. The molecule has 1 N–H and O–H groups in total. The summed E-state index contributed by atoms with van der Waals surface area (Å²) in [5.41, 5.74) is 4.22. The SMILES string of the molecule is O=C(/C=C/c1ccc(Cl)cc1Cl)c1ccc(N2CCN(Cc3cc(C(=O)/C=C/c4ccc(Cl)cc4Cl)ccc3O)CC2)cc1. The third-order valence-corrected chi connectivity index (χ3v) is 8.53. The maximum absolute atomic E-state index is 12.9. The number of rotatable bonds is 9. The molecule has 1 aliphatic heterocycles. The molecule has 0 bridgehead atoms. The fourth-order valence-electron chi connectivity index (χ4n) is 4.90. The molecule has 5 nitrogen and oxygen atoms in total. The van der Waals surface area contributed by atoms with Crippen LogP contribution in [0.2, 0.25) is 20.1 Å². The van der Waals surface area contributed by atoms with Gasteiger partial charge in [-0.1, -0.05) is 58.5 Å². The predicted octanol–water partition coefficient (Wildman–Crippen LogP) is 9.12. The van der Waals surface area contributed by atoms with Gasteiger partial charge in [0.15, 0.2) is 11.6 Å². The first-order chi connectivity index (χ1) is 21.2. The van der Waals surface area contributed by atoms with Gasteiger partial charge in [0.1, 0.15) is 5.75 Å². The molecule has 0 unspecified atom stereocenters. The molecule has 5 rings (SSSR count). The highest BCUT2D eigenvalue weighted by Crippen LogP contribution is 2.26. The fraction of sp³-hybridized carbons (Fsp3) is 0.143. The number of aromatic hydroxyl groups is 1. The van der Waals surface area contributed by atoms with Crippen molar-refractivity contribution in [2.24, 2.45) is 0 Å². The predicted molar refractivity (Wildman–Crippen MR) is 182 cm³/mol. The Balaban J connectivity index is 1.16. The molecule has 0 aliphatic carbocycles. The zero-order valence-corrected chi connectivity index (χ0v) is 26.5. The number of benzene rings is 4. The fourth-order valence-corrected chi connectivity index (χ4v) is 5.85. The van der Waals surface area contributed by atoms with Crippen LogP contribution in [0.25, 0.3) is 12.2 Å². The topological polar surface area (TPSA) is 60.9 Å². The molecule has 0 spiro atoms. The average molecular weight is 666 g/mol. The monoisotopic (exact) mass is 664 g/mol. The highest BCUT2D eigenvalue weighted by Gasteiger charge is 2.19. The lowest BCUT2D eigenvalue weighted by Gasteiger charge is -2.36. The van der Waals surface area contributed by atoms with Crippen LogP contribution in [0.1, 0.15) is 37.4 Å². The minimum Gasteiger partial charge on any atom is -0.508 e. The largest absolute Gasteiger partial charge is 0.508 e. The van der Waals surface area contributed by atoms with Crippen LogP contribution in [0, 0.1) is 0 Å². The first kappa shape index (κ1) is 31.8. The Morgan fingerprint density at radius 2 is 1.18 bits per heavy atom. The van der Waals surface area contributed by atoms with Crippen LogP contribution in [-0.4, -0.2) is 47.8 Å². The van der Waals surface area contributed by atoms with Crippen LogP contribution >= 0.6 is 46.4 Å². The number of piperazine rings is 1. The van der Waals surface area contributed by atoms with Gasteiger partial charge in [0.05, 0.1) is 0 Å². The first-order valence-corrected chi connectivity index (χ1v) is 15.4. The van der Waals surface area contributed by atoms with Crippen LogP contribution in [0.4, 0.5) is 5.69 Å². The van der Waals surface area contributed by atoms with Gasteiger partial charge in [0, 0.05) is 75.2 Å². The van der Waals surface area contributed by atoms with Crippen molar-refractivity contribution in [2.45, 2.75) is 6.54 Å². The van der Waals surface area contributed by atoms with Gasteiger partial charge in [-0.3, -0.25) is 14.5 Å². The number of phenolic OH excluding ortho intramolecular Hbond substituents is 1. The van der Waals surface area contributed by atoms with Crippen molar-refractivity contribution in [3.05, 3.63) is 139 Å². The van der Waals surface area contributed by atoms with Crippen LogP contribution < -0.4 is 4.90 Å². The Bertz CT molecular complexity index is 1740. The van der Waals surface area contributed by atoms with E-state index in [1.807, 2.05) is 24.3 Å². The molecule has 9 heteroatoms. The normalized spacial score (nSPS) is 14.0. The van der Waals surface area contributed by atoms with Gasteiger partial charge in [-0.2, -0.15) is 0 Å². The highest BCUT2D eigenvalue weighted by molar-refractivity contribution is 6.36. The van der Waals surface area contributed by atoms with Gasteiger partial charge in [-0.15, -0.1) is 0 Å². The van der Waals surface area contributed by atoms with E-state index in [-0.39, 0.29) is 17.3 Å². The Labute approximate surface area is 276 Å². The van der Waals surface area contributed by atoms with Gasteiger partial charge < -0.3 is 10.0 Å². The minimum atomic E-state index is -0.187. The molecule has 0 atom stereocenters. The van der Waals surface area contributed by atoms with E-state index in [9.17, 15) is 14.7 Å². The van der Waals surface area contributed by atoms with Gasteiger partial charge >= 0.3 is 0 Å². The van der Waals surface area contributed by atoms with Crippen molar-refractivity contribution in [1.82, 2.24) is 4.90 Å². The summed E-state index contributed by atoms with van der Waals surface area (Å²) in [5, 5.41) is 12.5. The Hall–Kier alpha value is -3.58. The van der Waals surface area contributed by atoms with Crippen molar-refractivity contribution < 1.29 is 14.7 Å². The molecule has 0 radical (unpaired) electrons. The third kappa shape index (κ3) is 8.12. The molecular formula is C35H28Cl4N2O3. The lowest BCUT2D eigenvalue weighted by Crippen LogP contribution is -2.46. The molecule has 224 valence electrons. The quantitative estimate of drug-likeness (QED) is 0.143. The van der Waals surface area contributed by atoms with Gasteiger partial charge in [0.2, 0.25) is 0 Å². The van der Waals surface area contributed by atoms with Gasteiger partial charge in [0.25, 0.3) is 0 Å². The van der Waals surface area contributed by atoms with E-state index in [1.54, 1.807) is 66.7 Å². The van der Waals surface area contributed by atoms with Crippen molar-refractivity contribution in [3.63, 3.8) is 0 Å². The van der Waals surface area contributed by atoms with Crippen molar-refractivity contribution in [3.8, 4) is 5.75 Å². The summed E-state index contributed by atoms with van der Waals surface area (Å²) < 4.78 is 0. The zero-order chi connectivity index (χ0) is 31.2. The molecule has 1 aliphatic rings. The smallest absolute Gasteiger partial charge is 0.185 e. The second kappa shape index (κ2) is 14.5. The van der Waals surface area contributed by atoms with Crippen LogP contribution in [-0.2, 0) is 6.54 Å². The number of carbonyl (C=O) groups excluding carboxylic acids is 2. The lowest BCUT2D eigenvalue weighted by molar-refractivity contribution is 0.103. The summed E-state index contributed by atoms with van der Waals surface area (Å²) in [4.78, 5) is 30.0. The number of hydrogen-bond acceptors (Lipinski definition) is 5. The molecule has 0 amide bonds. The van der Waals surface area contributed by atoms with E-state index >= 15 is 0 Å². The molecule has 1 fully saturated rings. The van der Waals surface area contributed by atoms with E-state index < -0.39 is 0 Å². The van der Waals surface area contributed by atoms with Gasteiger partial charge in [-0.25, -0.2) is 0 Å². The van der Waals surface area contributed by atoms with Crippen molar-refractivity contribution in [2.75, 3.05) is 31.1 Å². The summed E-state index contributed by atoms with van der Waals surface area (Å²) >= 11 is 24.3. The number of hydrogen-bond donors (Lipinski definition) is 1. The second-order valence-electron chi connectivity index (χ2n) is 10.4.